The van der Waals surface area contributed by atoms with E-state index in [1.807, 2.05) is 12.3 Å². The van der Waals surface area contributed by atoms with Gasteiger partial charge in [0.2, 0.25) is 0 Å². The van der Waals surface area contributed by atoms with Crippen molar-refractivity contribution in [2.45, 2.75) is 32.7 Å². The van der Waals surface area contributed by atoms with Gasteiger partial charge in [-0.1, -0.05) is 0 Å². The molecule has 1 saturated heterocycles. The topological polar surface area (TPSA) is 61.8 Å². The van der Waals surface area contributed by atoms with Gasteiger partial charge < -0.3 is 20.3 Å². The van der Waals surface area contributed by atoms with Gasteiger partial charge in [0.25, 0.3) is 0 Å². The first-order valence-electron chi connectivity index (χ1n) is 8.54. The molecule has 1 aromatic rings. The summed E-state index contributed by atoms with van der Waals surface area (Å²) in [6.07, 6.45) is 5.75. The largest absolute Gasteiger partial charge is 0.383 e. The van der Waals surface area contributed by atoms with Crippen LogP contribution < -0.4 is 15.5 Å². The maximum atomic E-state index is 5.06. The number of hydrogen-bond acceptors (Lipinski definition) is 4. The van der Waals surface area contributed by atoms with Crippen molar-refractivity contribution in [1.82, 2.24) is 15.6 Å². The molecule has 0 spiro atoms. The van der Waals surface area contributed by atoms with Crippen LogP contribution in [0, 0.1) is 0 Å². The summed E-state index contributed by atoms with van der Waals surface area (Å²) in [7, 11) is 1.70. The third kappa shape index (κ3) is 6.06. The number of methoxy groups -OCH3 is 1. The van der Waals surface area contributed by atoms with Crippen molar-refractivity contribution in [3.63, 3.8) is 0 Å². The smallest absolute Gasteiger partial charge is 0.191 e. The number of pyridine rings is 1. The van der Waals surface area contributed by atoms with E-state index in [0.717, 1.165) is 38.0 Å². The molecule has 0 saturated carbocycles. The molecule has 2 N–H and O–H groups in total. The monoisotopic (exact) mass is 319 g/mol. The molecule has 0 atom stereocenters. The average molecular weight is 319 g/mol. The Morgan fingerprint density at radius 1 is 1.30 bits per heavy atom. The summed E-state index contributed by atoms with van der Waals surface area (Å²) in [5, 5.41) is 6.50. The lowest BCUT2D eigenvalue weighted by Crippen LogP contribution is -2.38. The zero-order valence-corrected chi connectivity index (χ0v) is 14.3. The molecule has 23 heavy (non-hydrogen) atoms. The first-order chi connectivity index (χ1) is 11.3. The maximum Gasteiger partial charge on any atom is 0.191 e. The van der Waals surface area contributed by atoms with Crippen LogP contribution in [0.3, 0.4) is 0 Å². The van der Waals surface area contributed by atoms with E-state index in [-0.39, 0.29) is 0 Å². The van der Waals surface area contributed by atoms with Gasteiger partial charge in [0.05, 0.1) is 13.2 Å². The minimum atomic E-state index is 0.645. The molecule has 2 rings (SSSR count). The summed E-state index contributed by atoms with van der Waals surface area (Å²) >= 11 is 0. The standard InChI is InChI=1S/C17H29N5O/c1-3-18-17(20-9-12-23-2)21-14-15-7-8-19-16(13-15)22-10-5-4-6-11-22/h7-8,13H,3-6,9-12,14H2,1-2H3,(H2,18,20,21). The summed E-state index contributed by atoms with van der Waals surface area (Å²) in [5.74, 6) is 1.90. The molecule has 0 aliphatic carbocycles. The number of ether oxygens (including phenoxy) is 1. The van der Waals surface area contributed by atoms with Crippen LogP contribution in [0.5, 0.6) is 0 Å². The molecule has 0 amide bonds. The van der Waals surface area contributed by atoms with Crippen LogP contribution >= 0.6 is 0 Å². The number of rotatable bonds is 7. The van der Waals surface area contributed by atoms with Gasteiger partial charge in [-0.2, -0.15) is 0 Å². The maximum absolute atomic E-state index is 5.06. The van der Waals surface area contributed by atoms with Crippen molar-refractivity contribution in [3.8, 4) is 0 Å². The quantitative estimate of drug-likeness (QED) is 0.456. The normalized spacial score (nSPS) is 15.6. The molecule has 1 aliphatic heterocycles. The molecule has 0 aromatic carbocycles. The van der Waals surface area contributed by atoms with Crippen molar-refractivity contribution in [1.29, 1.82) is 0 Å². The Balaban J connectivity index is 1.95. The Morgan fingerprint density at radius 2 is 2.13 bits per heavy atom. The van der Waals surface area contributed by atoms with Crippen molar-refractivity contribution in [3.05, 3.63) is 23.9 Å². The van der Waals surface area contributed by atoms with E-state index < -0.39 is 0 Å². The molecule has 128 valence electrons. The lowest BCUT2D eigenvalue weighted by atomic mass is 10.1. The molecular weight excluding hydrogens is 290 g/mol. The number of anilines is 1. The second-order valence-corrected chi connectivity index (χ2v) is 5.68. The fourth-order valence-electron chi connectivity index (χ4n) is 2.64. The number of nitrogens with one attached hydrogen (secondary N) is 2. The predicted octanol–water partition coefficient (Wildman–Crippen LogP) is 1.77. The van der Waals surface area contributed by atoms with Gasteiger partial charge in [0, 0.05) is 39.5 Å². The molecule has 2 heterocycles. The molecule has 6 heteroatoms. The summed E-state index contributed by atoms with van der Waals surface area (Å²) in [5.41, 5.74) is 1.18. The van der Waals surface area contributed by atoms with Crippen molar-refractivity contribution >= 4 is 11.8 Å². The van der Waals surface area contributed by atoms with Crippen LogP contribution in [0.1, 0.15) is 31.7 Å². The van der Waals surface area contributed by atoms with E-state index in [0.29, 0.717) is 13.2 Å². The SMILES string of the molecule is CCNC(=NCc1ccnc(N2CCCCC2)c1)NCCOC. The molecule has 1 aliphatic rings. The first kappa shape index (κ1) is 17.5. The summed E-state index contributed by atoms with van der Waals surface area (Å²) in [6, 6.07) is 4.20. The van der Waals surface area contributed by atoms with Gasteiger partial charge in [-0.05, 0) is 43.9 Å². The van der Waals surface area contributed by atoms with Gasteiger partial charge >= 0.3 is 0 Å². The van der Waals surface area contributed by atoms with Gasteiger partial charge in [-0.3, -0.25) is 0 Å². The first-order valence-corrected chi connectivity index (χ1v) is 8.54. The lowest BCUT2D eigenvalue weighted by Gasteiger charge is -2.27. The number of piperidine rings is 1. The number of aromatic nitrogens is 1. The number of aliphatic imine (C=N–C) groups is 1. The van der Waals surface area contributed by atoms with Crippen LogP contribution in [-0.2, 0) is 11.3 Å². The van der Waals surface area contributed by atoms with Gasteiger partial charge in [0.1, 0.15) is 5.82 Å². The van der Waals surface area contributed by atoms with Crippen LogP contribution in [0.25, 0.3) is 0 Å². The Kier molecular flexibility index (Phi) is 7.66. The molecule has 6 nitrogen and oxygen atoms in total. The number of guanidine groups is 1. The zero-order valence-electron chi connectivity index (χ0n) is 14.3. The van der Waals surface area contributed by atoms with Gasteiger partial charge in [0.15, 0.2) is 5.96 Å². The molecule has 1 aromatic heterocycles. The Morgan fingerprint density at radius 3 is 2.87 bits per heavy atom. The molecule has 1 fully saturated rings. The lowest BCUT2D eigenvalue weighted by molar-refractivity contribution is 0.203. The molecule has 0 radical (unpaired) electrons. The zero-order chi connectivity index (χ0) is 16.3. The van der Waals surface area contributed by atoms with Crippen molar-refractivity contribution < 1.29 is 4.74 Å². The third-order valence-corrected chi connectivity index (χ3v) is 3.85. The van der Waals surface area contributed by atoms with E-state index in [1.165, 1.54) is 24.8 Å². The third-order valence-electron chi connectivity index (χ3n) is 3.85. The van der Waals surface area contributed by atoms with E-state index in [1.54, 1.807) is 7.11 Å². The van der Waals surface area contributed by atoms with Crippen LogP contribution in [-0.4, -0.2) is 50.8 Å². The number of nitrogens with zero attached hydrogens (tertiary/aromatic N) is 3. The second-order valence-electron chi connectivity index (χ2n) is 5.68. The fraction of sp³-hybridized carbons (Fsp3) is 0.647. The highest BCUT2D eigenvalue weighted by Crippen LogP contribution is 2.18. The van der Waals surface area contributed by atoms with E-state index >= 15 is 0 Å². The second kappa shape index (κ2) is 10.0. The van der Waals surface area contributed by atoms with Gasteiger partial charge in [-0.15, -0.1) is 0 Å². The highest BCUT2D eigenvalue weighted by molar-refractivity contribution is 5.79. The van der Waals surface area contributed by atoms with E-state index in [4.69, 9.17) is 4.74 Å². The Hall–Kier alpha value is -1.82. The Labute approximate surface area is 139 Å². The van der Waals surface area contributed by atoms with E-state index in [2.05, 4.69) is 38.5 Å². The van der Waals surface area contributed by atoms with Crippen molar-refractivity contribution in [2.75, 3.05) is 44.8 Å². The number of hydrogen-bond donors (Lipinski definition) is 2. The fourth-order valence-corrected chi connectivity index (χ4v) is 2.64. The molecular formula is C17H29N5O. The van der Waals surface area contributed by atoms with Crippen LogP contribution in [0.4, 0.5) is 5.82 Å². The highest BCUT2D eigenvalue weighted by atomic mass is 16.5. The minimum absolute atomic E-state index is 0.645. The van der Waals surface area contributed by atoms with Crippen molar-refractivity contribution in [2.24, 2.45) is 4.99 Å². The summed E-state index contributed by atoms with van der Waals surface area (Å²) < 4.78 is 5.06. The summed E-state index contributed by atoms with van der Waals surface area (Å²) in [6.45, 7) is 7.19. The highest BCUT2D eigenvalue weighted by Gasteiger charge is 2.12. The van der Waals surface area contributed by atoms with Crippen LogP contribution in [0.15, 0.2) is 23.3 Å². The summed E-state index contributed by atoms with van der Waals surface area (Å²) in [4.78, 5) is 11.5. The van der Waals surface area contributed by atoms with E-state index in [9.17, 15) is 0 Å². The molecule has 0 unspecified atom stereocenters. The minimum Gasteiger partial charge on any atom is -0.383 e. The molecule has 0 bridgehead atoms. The predicted molar refractivity (Wildman–Crippen MR) is 95.0 cm³/mol. The average Bonchev–Trinajstić information content (AvgIpc) is 2.61. The van der Waals surface area contributed by atoms with Crippen LogP contribution in [0.2, 0.25) is 0 Å². The van der Waals surface area contributed by atoms with Gasteiger partial charge in [-0.25, -0.2) is 9.98 Å². The Bertz CT molecular complexity index is 486.